The molecule has 3 nitrogen and oxygen atoms in total. The smallest absolute Gasteiger partial charge is 0.234 e. The summed E-state index contributed by atoms with van der Waals surface area (Å²) in [5, 5.41) is 5.88. The first kappa shape index (κ1) is 16.9. The van der Waals surface area contributed by atoms with Crippen molar-refractivity contribution in [3.8, 4) is 0 Å². The van der Waals surface area contributed by atoms with Gasteiger partial charge in [0.15, 0.2) is 0 Å². The van der Waals surface area contributed by atoms with Crippen LogP contribution in [0, 0.1) is 0 Å². The van der Waals surface area contributed by atoms with Gasteiger partial charge in [0.1, 0.15) is 0 Å². The molecule has 0 radical (unpaired) electrons. The van der Waals surface area contributed by atoms with Crippen molar-refractivity contribution >= 4 is 18.3 Å². The Bertz CT molecular complexity index is 352. The maximum Gasteiger partial charge on any atom is 0.234 e. The first-order valence-electron chi connectivity index (χ1n) is 6.03. The molecule has 0 aromatic heterocycles. The van der Waals surface area contributed by atoms with Crippen molar-refractivity contribution in [2.45, 2.75) is 32.2 Å². The zero-order chi connectivity index (χ0) is 12.7. The Labute approximate surface area is 116 Å². The van der Waals surface area contributed by atoms with E-state index in [0.717, 1.165) is 12.8 Å². The van der Waals surface area contributed by atoms with Gasteiger partial charge >= 0.3 is 0 Å². The van der Waals surface area contributed by atoms with Gasteiger partial charge < -0.3 is 10.6 Å². The third kappa shape index (κ3) is 6.62. The third-order valence-electron chi connectivity index (χ3n) is 2.70. The zero-order valence-electron chi connectivity index (χ0n) is 11.3. The molecule has 0 fully saturated rings. The fraction of sp³-hybridized carbons (Fsp3) is 0.500. The summed E-state index contributed by atoms with van der Waals surface area (Å²) in [4.78, 5) is 11.5. The van der Waals surface area contributed by atoms with Crippen molar-refractivity contribution in [2.75, 3.05) is 13.6 Å². The van der Waals surface area contributed by atoms with Crippen molar-refractivity contribution in [1.82, 2.24) is 10.6 Å². The van der Waals surface area contributed by atoms with Gasteiger partial charge in [-0.2, -0.15) is 0 Å². The molecule has 0 spiro atoms. The first-order valence-corrected chi connectivity index (χ1v) is 6.03. The van der Waals surface area contributed by atoms with Crippen LogP contribution >= 0.6 is 12.4 Å². The lowest BCUT2D eigenvalue weighted by Gasteiger charge is -2.26. The van der Waals surface area contributed by atoms with Gasteiger partial charge in [-0.05, 0) is 39.3 Å². The first-order chi connectivity index (χ1) is 8.03. The van der Waals surface area contributed by atoms with Crippen molar-refractivity contribution < 1.29 is 4.79 Å². The monoisotopic (exact) mass is 270 g/mol. The molecular formula is C14H23ClN2O. The van der Waals surface area contributed by atoms with E-state index in [4.69, 9.17) is 0 Å². The molecule has 0 unspecified atom stereocenters. The highest BCUT2D eigenvalue weighted by atomic mass is 35.5. The molecule has 1 aromatic rings. The van der Waals surface area contributed by atoms with Gasteiger partial charge in [-0.25, -0.2) is 0 Å². The standard InChI is InChI=1S/C14H22N2O.ClH/c1-14(2,16-13(17)11-15-3)10-9-12-7-5-4-6-8-12;/h4-8,15H,9-11H2,1-3H3,(H,16,17);1H. The van der Waals surface area contributed by atoms with Gasteiger partial charge in [-0.1, -0.05) is 30.3 Å². The van der Waals surface area contributed by atoms with E-state index in [-0.39, 0.29) is 23.9 Å². The molecule has 1 rings (SSSR count). The zero-order valence-corrected chi connectivity index (χ0v) is 12.1. The van der Waals surface area contributed by atoms with E-state index in [0.29, 0.717) is 6.54 Å². The number of likely N-dealkylation sites (N-methyl/N-ethyl adjacent to an activating group) is 1. The lowest BCUT2D eigenvalue weighted by molar-refractivity contribution is -0.121. The minimum atomic E-state index is -0.163. The van der Waals surface area contributed by atoms with Crippen molar-refractivity contribution in [2.24, 2.45) is 0 Å². The number of rotatable bonds is 6. The molecule has 4 heteroatoms. The van der Waals surface area contributed by atoms with Gasteiger partial charge in [0.2, 0.25) is 5.91 Å². The lowest BCUT2D eigenvalue weighted by atomic mass is 9.95. The quantitative estimate of drug-likeness (QED) is 0.832. The minimum absolute atomic E-state index is 0. The van der Waals surface area contributed by atoms with Crippen molar-refractivity contribution in [3.05, 3.63) is 35.9 Å². The minimum Gasteiger partial charge on any atom is -0.350 e. The Morgan fingerprint density at radius 3 is 2.39 bits per heavy atom. The van der Waals surface area contributed by atoms with Crippen LogP contribution in [0.4, 0.5) is 0 Å². The Morgan fingerprint density at radius 1 is 1.22 bits per heavy atom. The van der Waals surface area contributed by atoms with Crippen LogP contribution in [0.3, 0.4) is 0 Å². The highest BCUT2D eigenvalue weighted by molar-refractivity contribution is 5.85. The largest absolute Gasteiger partial charge is 0.350 e. The molecule has 2 N–H and O–H groups in total. The summed E-state index contributed by atoms with van der Waals surface area (Å²) in [5.41, 5.74) is 1.15. The molecule has 102 valence electrons. The molecule has 0 aliphatic rings. The summed E-state index contributed by atoms with van der Waals surface area (Å²) in [6, 6.07) is 10.3. The summed E-state index contributed by atoms with van der Waals surface area (Å²) < 4.78 is 0. The molecule has 0 aliphatic heterocycles. The van der Waals surface area contributed by atoms with Crippen LogP contribution in [0.5, 0.6) is 0 Å². The molecule has 18 heavy (non-hydrogen) atoms. The summed E-state index contributed by atoms with van der Waals surface area (Å²) in [6.45, 7) is 4.49. The normalized spacial score (nSPS) is 10.6. The average molecular weight is 271 g/mol. The SMILES string of the molecule is CNCC(=O)NC(C)(C)CCc1ccccc1.Cl. The van der Waals surface area contributed by atoms with Crippen LogP contribution in [-0.2, 0) is 11.2 Å². The van der Waals surface area contributed by atoms with Gasteiger partial charge in [0, 0.05) is 5.54 Å². The number of aryl methyl sites for hydroxylation is 1. The topological polar surface area (TPSA) is 41.1 Å². The van der Waals surface area contributed by atoms with E-state index in [1.165, 1.54) is 5.56 Å². The third-order valence-corrected chi connectivity index (χ3v) is 2.70. The van der Waals surface area contributed by atoms with Crippen LogP contribution in [-0.4, -0.2) is 25.0 Å². The Balaban J connectivity index is 0.00000289. The number of nitrogens with one attached hydrogen (secondary N) is 2. The lowest BCUT2D eigenvalue weighted by Crippen LogP contribution is -2.46. The van der Waals surface area contributed by atoms with Crippen LogP contribution in [0.2, 0.25) is 0 Å². The summed E-state index contributed by atoms with van der Waals surface area (Å²) in [7, 11) is 1.77. The number of carbonyl (C=O) groups is 1. The fourth-order valence-electron chi connectivity index (χ4n) is 1.75. The summed E-state index contributed by atoms with van der Waals surface area (Å²) in [5.74, 6) is 0.0468. The molecule has 1 aromatic carbocycles. The van der Waals surface area contributed by atoms with Crippen LogP contribution in [0.15, 0.2) is 30.3 Å². The fourth-order valence-corrected chi connectivity index (χ4v) is 1.75. The Kier molecular flexibility index (Phi) is 7.64. The second-order valence-electron chi connectivity index (χ2n) is 4.95. The molecule has 0 bridgehead atoms. The summed E-state index contributed by atoms with van der Waals surface area (Å²) in [6.07, 6.45) is 1.92. The Morgan fingerprint density at radius 2 is 1.83 bits per heavy atom. The maximum atomic E-state index is 11.5. The highest BCUT2D eigenvalue weighted by Gasteiger charge is 2.19. The molecule has 0 heterocycles. The number of carbonyl (C=O) groups excluding carboxylic acids is 1. The molecule has 0 aliphatic carbocycles. The van der Waals surface area contributed by atoms with Crippen LogP contribution in [0.25, 0.3) is 0 Å². The van der Waals surface area contributed by atoms with E-state index < -0.39 is 0 Å². The van der Waals surface area contributed by atoms with Gasteiger partial charge in [0.05, 0.1) is 6.54 Å². The van der Waals surface area contributed by atoms with Gasteiger partial charge in [-0.3, -0.25) is 4.79 Å². The van der Waals surface area contributed by atoms with Gasteiger partial charge in [-0.15, -0.1) is 12.4 Å². The predicted molar refractivity (Wildman–Crippen MR) is 78.2 cm³/mol. The number of hydrogen-bond donors (Lipinski definition) is 2. The second-order valence-corrected chi connectivity index (χ2v) is 4.95. The van der Waals surface area contributed by atoms with E-state index >= 15 is 0 Å². The number of halogens is 1. The second kappa shape index (κ2) is 8.11. The molecule has 0 saturated carbocycles. The average Bonchev–Trinajstić information content (AvgIpc) is 2.27. The molecular weight excluding hydrogens is 248 g/mol. The van der Waals surface area contributed by atoms with E-state index in [1.54, 1.807) is 7.05 Å². The van der Waals surface area contributed by atoms with Crippen molar-refractivity contribution in [3.63, 3.8) is 0 Å². The summed E-state index contributed by atoms with van der Waals surface area (Å²) >= 11 is 0. The van der Waals surface area contributed by atoms with E-state index in [2.05, 4.69) is 36.6 Å². The molecule has 0 saturated heterocycles. The predicted octanol–water partition coefficient (Wildman–Crippen LogP) is 2.16. The number of hydrogen-bond acceptors (Lipinski definition) is 2. The van der Waals surface area contributed by atoms with Crippen molar-refractivity contribution in [1.29, 1.82) is 0 Å². The van der Waals surface area contributed by atoms with Crippen LogP contribution in [0.1, 0.15) is 25.8 Å². The molecule has 1 amide bonds. The van der Waals surface area contributed by atoms with E-state index in [9.17, 15) is 4.79 Å². The molecule has 0 atom stereocenters. The number of amides is 1. The number of benzene rings is 1. The van der Waals surface area contributed by atoms with Crippen LogP contribution < -0.4 is 10.6 Å². The maximum absolute atomic E-state index is 11.5. The van der Waals surface area contributed by atoms with E-state index in [1.807, 2.05) is 18.2 Å². The highest BCUT2D eigenvalue weighted by Crippen LogP contribution is 2.13. The Hall–Kier alpha value is -1.06. The van der Waals surface area contributed by atoms with Gasteiger partial charge in [0.25, 0.3) is 0 Å².